The van der Waals surface area contributed by atoms with E-state index in [0.29, 0.717) is 0 Å². The SMILES string of the molecule is CCS(CC)(CC)Cc1ccc(-c2ccc(CS(CC)(CC)CC)cc2)cc1. The van der Waals surface area contributed by atoms with Crippen LogP contribution in [0.25, 0.3) is 11.1 Å². The fraction of sp³-hybridized carbons (Fsp3) is 0.538. The Kier molecular flexibility index (Phi) is 9.02. The van der Waals surface area contributed by atoms with Gasteiger partial charge in [0.05, 0.1) is 0 Å². The second-order valence-electron chi connectivity index (χ2n) is 7.86. The third-order valence-electron chi connectivity index (χ3n) is 6.86. The number of hydrogen-bond donors (Lipinski definition) is 0. The lowest BCUT2D eigenvalue weighted by Crippen LogP contribution is -2.11. The summed E-state index contributed by atoms with van der Waals surface area (Å²) >= 11 is 0. The van der Waals surface area contributed by atoms with Crippen molar-refractivity contribution in [3.8, 4) is 11.1 Å². The van der Waals surface area contributed by atoms with Crippen molar-refractivity contribution in [3.63, 3.8) is 0 Å². The van der Waals surface area contributed by atoms with E-state index in [-0.39, 0.29) is 0 Å². The van der Waals surface area contributed by atoms with Crippen LogP contribution in [0.3, 0.4) is 0 Å². The zero-order valence-corrected chi connectivity index (χ0v) is 20.7. The van der Waals surface area contributed by atoms with Gasteiger partial charge in [0.2, 0.25) is 0 Å². The topological polar surface area (TPSA) is 0 Å². The van der Waals surface area contributed by atoms with Crippen molar-refractivity contribution in [2.75, 3.05) is 34.5 Å². The molecule has 0 aliphatic heterocycles. The summed E-state index contributed by atoms with van der Waals surface area (Å²) in [5.74, 6) is 10.6. The summed E-state index contributed by atoms with van der Waals surface area (Å²) in [6.45, 7) is 14.3. The molecular weight excluding hydrogens is 376 g/mol. The third kappa shape index (κ3) is 5.60. The van der Waals surface area contributed by atoms with Crippen molar-refractivity contribution in [2.24, 2.45) is 0 Å². The fourth-order valence-corrected chi connectivity index (χ4v) is 9.60. The fourth-order valence-electron chi connectivity index (χ4n) is 4.13. The largest absolute Gasteiger partial charge is 0.238 e. The van der Waals surface area contributed by atoms with E-state index in [9.17, 15) is 0 Å². The maximum atomic E-state index is 2.38. The Labute approximate surface area is 178 Å². The van der Waals surface area contributed by atoms with Crippen LogP contribution in [-0.2, 0) is 11.5 Å². The molecule has 158 valence electrons. The first-order valence-electron chi connectivity index (χ1n) is 11.2. The molecule has 0 N–H and O–H groups in total. The molecule has 0 bridgehead atoms. The second kappa shape index (κ2) is 10.8. The molecule has 0 atom stereocenters. The highest BCUT2D eigenvalue weighted by atomic mass is 32.3. The molecule has 0 fully saturated rings. The van der Waals surface area contributed by atoms with E-state index in [1.165, 1.54) is 68.3 Å². The van der Waals surface area contributed by atoms with Gasteiger partial charge in [0, 0.05) is 11.5 Å². The van der Waals surface area contributed by atoms with Crippen molar-refractivity contribution < 1.29 is 0 Å². The lowest BCUT2D eigenvalue weighted by molar-refractivity contribution is 1.26. The standard InChI is InChI=1S/C26H42S2/c1-7-27(8-2,9-3)21-23-13-17-25(18-14-23)26-19-15-24(16-20-26)22-28(10-4,11-5)12-6/h13-20H,7-12,21-22H2,1-6H3. The first-order chi connectivity index (χ1) is 13.5. The minimum absolute atomic E-state index is 0.469. The van der Waals surface area contributed by atoms with Crippen molar-refractivity contribution >= 4 is 20.1 Å². The van der Waals surface area contributed by atoms with Gasteiger partial charge in [-0.15, -0.1) is 0 Å². The van der Waals surface area contributed by atoms with Crippen molar-refractivity contribution in [2.45, 2.75) is 53.0 Å². The molecule has 0 aromatic heterocycles. The molecular formula is C26H42S2. The highest BCUT2D eigenvalue weighted by molar-refractivity contribution is 8.33. The number of rotatable bonds is 11. The first kappa shape index (κ1) is 23.4. The van der Waals surface area contributed by atoms with Crippen LogP contribution in [0.1, 0.15) is 52.7 Å². The van der Waals surface area contributed by atoms with Crippen LogP contribution in [-0.4, -0.2) is 34.5 Å². The lowest BCUT2D eigenvalue weighted by atomic mass is 10.0. The van der Waals surface area contributed by atoms with E-state index in [1.54, 1.807) is 0 Å². The van der Waals surface area contributed by atoms with E-state index in [0.717, 1.165) is 0 Å². The summed E-state index contributed by atoms with van der Waals surface area (Å²) in [4.78, 5) is 0. The third-order valence-corrected chi connectivity index (χ3v) is 16.1. The molecule has 0 amide bonds. The van der Waals surface area contributed by atoms with Gasteiger partial charge in [-0.2, -0.15) is 0 Å². The quantitative estimate of drug-likeness (QED) is 0.346. The van der Waals surface area contributed by atoms with Crippen LogP contribution in [0.2, 0.25) is 0 Å². The van der Waals surface area contributed by atoms with Gasteiger partial charge in [-0.05, 0) is 56.8 Å². The minimum atomic E-state index is -0.469. The van der Waals surface area contributed by atoms with Gasteiger partial charge in [0.25, 0.3) is 0 Å². The molecule has 2 rings (SSSR count). The van der Waals surface area contributed by atoms with Gasteiger partial charge >= 0.3 is 0 Å². The van der Waals surface area contributed by atoms with E-state index < -0.39 is 20.1 Å². The van der Waals surface area contributed by atoms with Crippen molar-refractivity contribution in [3.05, 3.63) is 59.7 Å². The Bertz CT molecular complexity index is 612. The van der Waals surface area contributed by atoms with Crippen LogP contribution >= 0.6 is 20.1 Å². The molecule has 0 unspecified atom stereocenters. The molecule has 0 aliphatic carbocycles. The molecule has 2 heteroatoms. The molecule has 0 aliphatic rings. The maximum Gasteiger partial charge on any atom is 0.00249 e. The Morgan fingerprint density at radius 1 is 0.429 bits per heavy atom. The molecule has 0 spiro atoms. The zero-order chi connectivity index (χ0) is 20.6. The van der Waals surface area contributed by atoms with E-state index in [2.05, 4.69) is 90.1 Å². The van der Waals surface area contributed by atoms with Crippen LogP contribution in [0, 0.1) is 0 Å². The molecule has 0 saturated carbocycles. The highest BCUT2D eigenvalue weighted by Gasteiger charge is 2.19. The van der Waals surface area contributed by atoms with Crippen LogP contribution in [0.4, 0.5) is 0 Å². The van der Waals surface area contributed by atoms with Gasteiger partial charge in [0.1, 0.15) is 0 Å². The summed E-state index contributed by atoms with van der Waals surface area (Å²) < 4.78 is 0. The lowest BCUT2D eigenvalue weighted by Gasteiger charge is -2.37. The highest BCUT2D eigenvalue weighted by Crippen LogP contribution is 2.51. The predicted octanol–water partition coefficient (Wildman–Crippen LogP) is 8.08. The first-order valence-corrected chi connectivity index (χ1v) is 15.8. The summed E-state index contributed by atoms with van der Waals surface area (Å²) in [5.41, 5.74) is 5.73. The van der Waals surface area contributed by atoms with E-state index in [1.807, 2.05) is 0 Å². The predicted molar refractivity (Wildman–Crippen MR) is 138 cm³/mol. The number of hydrogen-bond acceptors (Lipinski definition) is 0. The molecule has 28 heavy (non-hydrogen) atoms. The Hall–Kier alpha value is -0.860. The molecule has 0 heterocycles. The summed E-state index contributed by atoms with van der Waals surface area (Å²) in [6.07, 6.45) is 0. The van der Waals surface area contributed by atoms with Gasteiger partial charge in [-0.25, -0.2) is 20.1 Å². The average molecular weight is 419 g/mol. The van der Waals surface area contributed by atoms with E-state index in [4.69, 9.17) is 0 Å². The summed E-state index contributed by atoms with van der Waals surface area (Å²) in [5, 5.41) is 0. The molecule has 2 aromatic rings. The smallest absolute Gasteiger partial charge is 0.00249 e. The molecule has 2 aromatic carbocycles. The second-order valence-corrected chi connectivity index (χ2v) is 16.8. The van der Waals surface area contributed by atoms with Crippen LogP contribution in [0.15, 0.2) is 48.5 Å². The van der Waals surface area contributed by atoms with Gasteiger partial charge in [0.15, 0.2) is 0 Å². The van der Waals surface area contributed by atoms with Gasteiger partial charge in [-0.3, -0.25) is 0 Å². The molecule has 0 radical (unpaired) electrons. The van der Waals surface area contributed by atoms with Gasteiger partial charge in [-0.1, -0.05) is 90.1 Å². The van der Waals surface area contributed by atoms with E-state index >= 15 is 0 Å². The monoisotopic (exact) mass is 418 g/mol. The molecule has 0 saturated heterocycles. The Morgan fingerprint density at radius 3 is 0.893 bits per heavy atom. The Balaban J connectivity index is 2.12. The molecule has 0 nitrogen and oxygen atoms in total. The Morgan fingerprint density at radius 2 is 0.679 bits per heavy atom. The average Bonchev–Trinajstić information content (AvgIpc) is 2.77. The summed E-state index contributed by atoms with van der Waals surface area (Å²) in [7, 11) is -0.938. The van der Waals surface area contributed by atoms with Crippen molar-refractivity contribution in [1.29, 1.82) is 0 Å². The normalized spacial score (nSPS) is 13.5. The maximum absolute atomic E-state index is 2.38. The number of benzene rings is 2. The van der Waals surface area contributed by atoms with Crippen molar-refractivity contribution in [1.82, 2.24) is 0 Å². The van der Waals surface area contributed by atoms with Crippen LogP contribution < -0.4 is 0 Å². The van der Waals surface area contributed by atoms with Gasteiger partial charge < -0.3 is 0 Å². The van der Waals surface area contributed by atoms with Crippen LogP contribution in [0.5, 0.6) is 0 Å². The minimum Gasteiger partial charge on any atom is -0.238 e. The zero-order valence-electron chi connectivity index (χ0n) is 19.1. The summed E-state index contributed by atoms with van der Waals surface area (Å²) in [6, 6.07) is 18.8.